The van der Waals surface area contributed by atoms with E-state index in [1.807, 2.05) is 94.1 Å². The second-order valence-corrected chi connectivity index (χ2v) is 22.6. The van der Waals surface area contributed by atoms with Gasteiger partial charge in [0.15, 0.2) is 0 Å². The van der Waals surface area contributed by atoms with Gasteiger partial charge in [0, 0.05) is 45.5 Å². The van der Waals surface area contributed by atoms with E-state index in [1.54, 1.807) is 4.90 Å². The molecule has 0 unspecified atom stereocenters. The lowest BCUT2D eigenvalue weighted by Gasteiger charge is -2.27. The molecule has 4 aromatic heterocycles. The number of likely N-dealkylation sites (tertiary alicyclic amines) is 1. The summed E-state index contributed by atoms with van der Waals surface area (Å²) in [6.07, 6.45) is 30.1. The zero-order valence-corrected chi connectivity index (χ0v) is 45.6. The number of rotatable bonds is 8. The molecule has 4 fully saturated rings. The summed E-state index contributed by atoms with van der Waals surface area (Å²) in [6.45, 7) is 6.34. The third kappa shape index (κ3) is 13.2. The Morgan fingerprint density at radius 2 is 0.855 bits per heavy atom. The van der Waals surface area contributed by atoms with Gasteiger partial charge in [-0.25, -0.2) is 24.7 Å². The van der Waals surface area contributed by atoms with E-state index in [4.69, 9.17) is 11.2 Å². The lowest BCUT2D eigenvalue weighted by atomic mass is 10.1. The predicted molar refractivity (Wildman–Crippen MR) is 306 cm³/mol. The van der Waals surface area contributed by atoms with Gasteiger partial charge in [0.25, 0.3) is 0 Å². The predicted octanol–water partition coefficient (Wildman–Crippen LogP) is 15.8. The van der Waals surface area contributed by atoms with Crippen LogP contribution in [0.4, 0.5) is 4.79 Å². The maximum atomic E-state index is 12.7. The van der Waals surface area contributed by atoms with E-state index in [2.05, 4.69) is 122 Å². The van der Waals surface area contributed by atoms with Crippen molar-refractivity contribution >= 4 is 22.0 Å². The van der Waals surface area contributed by atoms with Gasteiger partial charge in [-0.1, -0.05) is 121 Å². The number of ether oxygens (including phenoxy) is 1. The average Bonchev–Trinajstić information content (AvgIpc) is 4.27. The summed E-state index contributed by atoms with van der Waals surface area (Å²) in [5, 5.41) is 0. The molecule has 1 atom stereocenters. The van der Waals surface area contributed by atoms with Crippen LogP contribution in [0.1, 0.15) is 174 Å². The third-order valence-corrected chi connectivity index (χ3v) is 15.6. The quantitative estimate of drug-likeness (QED) is 0.112. The molecular weight excluding hydrogens is 1010 g/mol. The van der Waals surface area contributed by atoms with Crippen LogP contribution in [0.15, 0.2) is 126 Å². The fourth-order valence-electron chi connectivity index (χ4n) is 10.9. The normalized spacial score (nSPS) is 16.8. The zero-order valence-electron chi connectivity index (χ0n) is 44.0. The molecule has 0 radical (unpaired) electrons. The van der Waals surface area contributed by atoms with Crippen LogP contribution in [-0.4, -0.2) is 63.0 Å². The highest BCUT2D eigenvalue weighted by molar-refractivity contribution is 9.10. The zero-order chi connectivity index (χ0) is 52.4. The van der Waals surface area contributed by atoms with Crippen molar-refractivity contribution < 1.29 is 9.53 Å². The van der Waals surface area contributed by atoms with Crippen molar-refractivity contribution in [2.45, 2.75) is 140 Å². The smallest absolute Gasteiger partial charge is 0.410 e. The molecule has 1 aliphatic heterocycles. The number of nitrogens with one attached hydrogen (secondary N) is 4. The number of aromatic nitrogens is 8. The Hall–Kier alpha value is -7.41. The number of amides is 1. The highest BCUT2D eigenvalue weighted by Crippen LogP contribution is 2.37. The Morgan fingerprint density at radius 1 is 0.513 bits per heavy atom. The molecule has 12 heteroatoms. The number of halogens is 1. The lowest BCUT2D eigenvalue weighted by molar-refractivity contribution is 0.0218. The number of benzene rings is 4. The SMILES string of the molecule is Brc1ccc(-c2cnc(C3CCCC3)[nH]2)cc1.C#Cc1ccc(-c2cnc(C3CCCC3)[nH]2)cc1.CC(C)(C)OC(=O)N1CCC[C@H]1c1ncc(-c2ccc(C#Cc3ccc(-c4cnc(C5CCCC5)[nH]4)cc3)cc2)[nH]1. The molecular formula is C64H68BrN9O2. The molecule has 5 heterocycles. The monoisotopic (exact) mass is 1070 g/mol. The molecule has 3 aliphatic carbocycles. The summed E-state index contributed by atoms with van der Waals surface area (Å²) < 4.78 is 6.71. The first kappa shape index (κ1) is 52.0. The van der Waals surface area contributed by atoms with Crippen LogP contribution in [-0.2, 0) is 4.74 Å². The van der Waals surface area contributed by atoms with Crippen LogP contribution in [0.5, 0.6) is 0 Å². The molecule has 11 nitrogen and oxygen atoms in total. The largest absolute Gasteiger partial charge is 0.444 e. The molecule has 8 aromatic rings. The Balaban J connectivity index is 0.000000153. The number of carbonyl (C=O) groups excluding carboxylic acids is 1. The van der Waals surface area contributed by atoms with Crippen molar-refractivity contribution in [2.24, 2.45) is 0 Å². The van der Waals surface area contributed by atoms with Gasteiger partial charge < -0.3 is 24.7 Å². The molecule has 1 amide bonds. The summed E-state index contributed by atoms with van der Waals surface area (Å²) in [7, 11) is 0. The van der Waals surface area contributed by atoms with Gasteiger partial charge in [-0.05, 0) is 143 Å². The molecule has 1 saturated heterocycles. The Labute approximate surface area is 456 Å². The first-order valence-electron chi connectivity index (χ1n) is 27.3. The van der Waals surface area contributed by atoms with Crippen LogP contribution < -0.4 is 0 Å². The molecule has 3 saturated carbocycles. The summed E-state index contributed by atoms with van der Waals surface area (Å²) in [5.41, 5.74) is 11.0. The number of nitrogens with zero attached hydrogens (tertiary/aromatic N) is 5. The van der Waals surface area contributed by atoms with E-state index in [0.717, 1.165) is 90.9 Å². The second kappa shape index (κ2) is 24.1. The van der Waals surface area contributed by atoms with Crippen LogP contribution >= 0.6 is 15.9 Å². The van der Waals surface area contributed by atoms with Crippen molar-refractivity contribution in [3.8, 4) is 69.2 Å². The summed E-state index contributed by atoms with van der Waals surface area (Å²) in [6, 6.07) is 32.7. The minimum Gasteiger partial charge on any atom is -0.444 e. The first-order chi connectivity index (χ1) is 37.0. The highest BCUT2D eigenvalue weighted by atomic mass is 79.9. The van der Waals surface area contributed by atoms with E-state index >= 15 is 0 Å². The van der Waals surface area contributed by atoms with Gasteiger partial charge >= 0.3 is 6.09 Å². The standard InChI is InChI=1S/C34H37N5O2.C16H16N2.C14H15BrN2/c1-34(2,3)41-33(40)39-20-6-9-30(39)32-36-22-29(38-32)26-18-14-24(15-19-26)11-10-23-12-16-25(17-13-23)28-21-35-31(37-28)27-7-4-5-8-27;1-2-12-7-9-13(10-8-12)15-11-17-16(18-15)14-5-3-4-6-14;15-12-7-5-10(6-8-12)13-9-16-14(17-13)11-3-1-2-4-11/h12-19,21-22,27,30H,4-9,20H2,1-3H3,(H,35,37)(H,36,38);1,7-11,14H,3-6H2,(H,17,18);5-9,11H,1-4H2,(H,16,17)/t30-;;/m0../s1. The van der Waals surface area contributed by atoms with Crippen molar-refractivity contribution in [3.05, 3.63) is 166 Å². The molecule has 0 spiro atoms. The summed E-state index contributed by atoms with van der Waals surface area (Å²) >= 11 is 3.45. The van der Waals surface area contributed by atoms with E-state index in [0.29, 0.717) is 24.3 Å². The van der Waals surface area contributed by atoms with Crippen LogP contribution in [0.25, 0.3) is 45.0 Å². The van der Waals surface area contributed by atoms with Crippen molar-refractivity contribution in [2.75, 3.05) is 6.54 Å². The highest BCUT2D eigenvalue weighted by Gasteiger charge is 2.35. The molecule has 4 aliphatic rings. The molecule has 12 rings (SSSR count). The first-order valence-corrected chi connectivity index (χ1v) is 28.1. The Kier molecular flexibility index (Phi) is 16.5. The van der Waals surface area contributed by atoms with Crippen LogP contribution in [0.2, 0.25) is 0 Å². The third-order valence-electron chi connectivity index (χ3n) is 15.1. The topological polar surface area (TPSA) is 144 Å². The number of hydrogen-bond acceptors (Lipinski definition) is 6. The Bertz CT molecular complexity index is 3270. The van der Waals surface area contributed by atoms with Gasteiger partial charge in [0.05, 0.1) is 53.6 Å². The van der Waals surface area contributed by atoms with E-state index < -0.39 is 5.60 Å². The minimum absolute atomic E-state index is 0.0993. The van der Waals surface area contributed by atoms with Gasteiger partial charge in [-0.3, -0.25) is 4.90 Å². The molecule has 4 aromatic carbocycles. The summed E-state index contributed by atoms with van der Waals surface area (Å²) in [5.74, 6) is 15.3. The fourth-order valence-corrected chi connectivity index (χ4v) is 11.2. The van der Waals surface area contributed by atoms with E-state index in [1.165, 1.54) is 88.4 Å². The van der Waals surface area contributed by atoms with Gasteiger partial charge in [-0.15, -0.1) is 6.42 Å². The second-order valence-electron chi connectivity index (χ2n) is 21.6. The van der Waals surface area contributed by atoms with Crippen LogP contribution in [0, 0.1) is 24.2 Å². The van der Waals surface area contributed by atoms with Gasteiger partial charge in [-0.2, -0.15) is 0 Å². The molecule has 388 valence electrons. The number of H-pyrrole nitrogens is 4. The summed E-state index contributed by atoms with van der Waals surface area (Å²) in [4.78, 5) is 46.6. The number of hydrogen-bond donors (Lipinski definition) is 4. The average molecular weight is 1080 g/mol. The maximum Gasteiger partial charge on any atom is 0.410 e. The van der Waals surface area contributed by atoms with Crippen LogP contribution in [0.3, 0.4) is 0 Å². The molecule has 4 N–H and O–H groups in total. The van der Waals surface area contributed by atoms with Crippen molar-refractivity contribution in [1.82, 2.24) is 44.8 Å². The maximum absolute atomic E-state index is 12.7. The number of imidazole rings is 4. The number of carbonyl (C=O) groups is 1. The van der Waals surface area contributed by atoms with E-state index in [-0.39, 0.29) is 12.1 Å². The van der Waals surface area contributed by atoms with Gasteiger partial charge in [0.1, 0.15) is 28.9 Å². The molecule has 76 heavy (non-hydrogen) atoms. The van der Waals surface area contributed by atoms with Crippen molar-refractivity contribution in [3.63, 3.8) is 0 Å². The fraction of sp³-hybridized carbons (Fsp3) is 0.359. The lowest BCUT2D eigenvalue weighted by Crippen LogP contribution is -2.36. The number of terminal acetylenes is 1. The van der Waals surface area contributed by atoms with E-state index in [9.17, 15) is 4.79 Å². The number of aromatic amines is 4. The van der Waals surface area contributed by atoms with Crippen molar-refractivity contribution in [1.29, 1.82) is 0 Å². The Morgan fingerprint density at radius 3 is 1.22 bits per heavy atom. The minimum atomic E-state index is -0.522. The molecule has 0 bridgehead atoms. The van der Waals surface area contributed by atoms with Gasteiger partial charge in [0.2, 0.25) is 0 Å².